The molecule has 126 valence electrons. The van der Waals surface area contributed by atoms with Crippen LogP contribution in [0.1, 0.15) is 28.3 Å². The number of hydrogen-bond donors (Lipinski definition) is 0. The van der Waals surface area contributed by atoms with Crippen LogP contribution in [0, 0.1) is 13.8 Å². The summed E-state index contributed by atoms with van der Waals surface area (Å²) >= 11 is 1.83. The predicted molar refractivity (Wildman–Crippen MR) is 91.8 cm³/mol. The maximum absolute atomic E-state index is 5.72. The smallest absolute Gasteiger partial charge is 0.208 e. The second kappa shape index (κ2) is 7.57. The van der Waals surface area contributed by atoms with Crippen LogP contribution >= 0.6 is 11.3 Å². The molecule has 6 heteroatoms. The van der Waals surface area contributed by atoms with Crippen LogP contribution in [0.4, 0.5) is 0 Å². The largest absolute Gasteiger partial charge is 0.444 e. The van der Waals surface area contributed by atoms with E-state index in [9.17, 15) is 0 Å². The molecule has 0 bridgehead atoms. The molecule has 0 saturated carbocycles. The number of aryl methyl sites for hydroxylation is 2. The quantitative estimate of drug-likeness (QED) is 0.812. The minimum atomic E-state index is 0.404. The number of thiophene rings is 1. The summed E-state index contributed by atoms with van der Waals surface area (Å²) in [5.41, 5.74) is 0.983. The van der Waals surface area contributed by atoms with Gasteiger partial charge in [0, 0.05) is 24.5 Å². The lowest BCUT2D eigenvalue weighted by atomic mass is 10.1. The van der Waals surface area contributed by atoms with Gasteiger partial charge in [-0.05, 0) is 32.3 Å². The van der Waals surface area contributed by atoms with E-state index in [0.717, 1.165) is 56.7 Å². The highest BCUT2D eigenvalue weighted by molar-refractivity contribution is 7.10. The summed E-state index contributed by atoms with van der Waals surface area (Å²) in [7, 11) is 2.13. The van der Waals surface area contributed by atoms with Gasteiger partial charge in [-0.15, -0.1) is 11.3 Å². The second-order valence-electron chi connectivity index (χ2n) is 6.13. The van der Waals surface area contributed by atoms with Gasteiger partial charge in [-0.2, -0.15) is 0 Å². The van der Waals surface area contributed by atoms with Crippen LogP contribution in [-0.4, -0.2) is 54.7 Å². The van der Waals surface area contributed by atoms with Crippen molar-refractivity contribution in [3.8, 4) is 0 Å². The van der Waals surface area contributed by atoms with Gasteiger partial charge in [-0.25, -0.2) is 4.98 Å². The average Bonchev–Trinajstić information content (AvgIpc) is 3.16. The van der Waals surface area contributed by atoms with E-state index >= 15 is 0 Å². The van der Waals surface area contributed by atoms with Crippen molar-refractivity contribution in [2.24, 2.45) is 0 Å². The monoisotopic (exact) mass is 335 g/mol. The lowest BCUT2D eigenvalue weighted by Crippen LogP contribution is -2.42. The van der Waals surface area contributed by atoms with Crippen molar-refractivity contribution in [1.29, 1.82) is 0 Å². The highest BCUT2D eigenvalue weighted by Gasteiger charge is 2.25. The first-order valence-electron chi connectivity index (χ1n) is 8.10. The maximum Gasteiger partial charge on any atom is 0.208 e. The van der Waals surface area contributed by atoms with E-state index in [1.54, 1.807) is 0 Å². The minimum Gasteiger partial charge on any atom is -0.444 e. The fourth-order valence-corrected chi connectivity index (χ4v) is 3.80. The predicted octanol–water partition coefficient (Wildman–Crippen LogP) is 2.86. The zero-order chi connectivity index (χ0) is 16.2. The van der Waals surface area contributed by atoms with Crippen LogP contribution in [0.5, 0.6) is 0 Å². The van der Waals surface area contributed by atoms with Gasteiger partial charge >= 0.3 is 0 Å². The summed E-state index contributed by atoms with van der Waals surface area (Å²) in [6.45, 7) is 9.29. The number of ether oxygens (including phenoxy) is 1. The fourth-order valence-electron chi connectivity index (χ4n) is 2.95. The first kappa shape index (κ1) is 16.6. The topological polar surface area (TPSA) is 41.7 Å². The van der Waals surface area contributed by atoms with Crippen LogP contribution in [0.15, 0.2) is 21.9 Å². The Hall–Kier alpha value is -1.21. The molecule has 2 aromatic rings. The van der Waals surface area contributed by atoms with E-state index in [1.165, 1.54) is 4.88 Å². The van der Waals surface area contributed by atoms with Crippen molar-refractivity contribution >= 4 is 11.3 Å². The molecule has 0 aliphatic carbocycles. The molecule has 0 radical (unpaired) electrons. The summed E-state index contributed by atoms with van der Waals surface area (Å²) in [5, 5.41) is 2.16. The summed E-state index contributed by atoms with van der Waals surface area (Å²) in [4.78, 5) is 10.7. The standard InChI is InChI=1S/C17H25N3O2S/c1-13-14(2)22-17(18-13)12-19(3)11-15(16-5-4-10-23-16)20-6-8-21-9-7-20/h4-5,10,15H,6-9,11-12H2,1-3H3/t15-/m0/s1. The van der Waals surface area contributed by atoms with Crippen molar-refractivity contribution in [2.75, 3.05) is 39.9 Å². The molecule has 1 atom stereocenters. The molecule has 1 aliphatic rings. The highest BCUT2D eigenvalue weighted by atomic mass is 32.1. The summed E-state index contributed by atoms with van der Waals surface area (Å²) in [5.74, 6) is 1.71. The van der Waals surface area contributed by atoms with Gasteiger partial charge in [-0.3, -0.25) is 9.80 Å². The number of aromatic nitrogens is 1. The molecule has 1 saturated heterocycles. The van der Waals surface area contributed by atoms with Crippen molar-refractivity contribution in [2.45, 2.75) is 26.4 Å². The van der Waals surface area contributed by atoms with Crippen molar-refractivity contribution in [1.82, 2.24) is 14.8 Å². The third-order valence-corrected chi connectivity index (χ3v) is 5.29. The van der Waals surface area contributed by atoms with Gasteiger partial charge in [0.25, 0.3) is 0 Å². The van der Waals surface area contributed by atoms with E-state index < -0.39 is 0 Å². The Morgan fingerprint density at radius 2 is 2.13 bits per heavy atom. The number of nitrogens with zero attached hydrogens (tertiary/aromatic N) is 3. The second-order valence-corrected chi connectivity index (χ2v) is 7.10. The van der Waals surface area contributed by atoms with E-state index in [-0.39, 0.29) is 0 Å². The molecule has 5 nitrogen and oxygen atoms in total. The van der Waals surface area contributed by atoms with Crippen molar-refractivity contribution in [3.05, 3.63) is 39.7 Å². The number of likely N-dealkylation sites (N-methyl/N-ethyl adjacent to an activating group) is 1. The van der Waals surface area contributed by atoms with E-state index in [0.29, 0.717) is 6.04 Å². The Balaban J connectivity index is 1.67. The Labute approximate surface area is 141 Å². The molecule has 0 unspecified atom stereocenters. The molecule has 3 heterocycles. The SMILES string of the molecule is Cc1nc(CN(C)C[C@@H](c2cccs2)N2CCOCC2)oc1C. The van der Waals surface area contributed by atoms with Gasteiger partial charge < -0.3 is 9.15 Å². The fraction of sp³-hybridized carbons (Fsp3) is 0.588. The highest BCUT2D eigenvalue weighted by Crippen LogP contribution is 2.27. The summed E-state index contributed by atoms with van der Waals surface area (Å²) in [6.07, 6.45) is 0. The molecule has 1 fully saturated rings. The van der Waals surface area contributed by atoms with Crippen molar-refractivity contribution in [3.63, 3.8) is 0 Å². The molecule has 23 heavy (non-hydrogen) atoms. The Bertz CT molecular complexity index is 586. The first-order valence-corrected chi connectivity index (χ1v) is 8.98. The Morgan fingerprint density at radius 3 is 2.74 bits per heavy atom. The average molecular weight is 335 g/mol. The van der Waals surface area contributed by atoms with Crippen molar-refractivity contribution < 1.29 is 9.15 Å². The third kappa shape index (κ3) is 4.20. The van der Waals surface area contributed by atoms with E-state index in [2.05, 4.69) is 39.3 Å². The van der Waals surface area contributed by atoms with Crippen LogP contribution in [-0.2, 0) is 11.3 Å². The van der Waals surface area contributed by atoms with Gasteiger partial charge in [-0.1, -0.05) is 6.07 Å². The molecule has 2 aromatic heterocycles. The van der Waals surface area contributed by atoms with E-state index in [1.807, 2.05) is 25.2 Å². The van der Waals surface area contributed by atoms with Crippen LogP contribution in [0.3, 0.4) is 0 Å². The van der Waals surface area contributed by atoms with Crippen LogP contribution < -0.4 is 0 Å². The zero-order valence-corrected chi connectivity index (χ0v) is 14.9. The summed E-state index contributed by atoms with van der Waals surface area (Å²) < 4.78 is 11.2. The molecular weight excluding hydrogens is 310 g/mol. The van der Waals surface area contributed by atoms with Gasteiger partial charge in [0.2, 0.25) is 5.89 Å². The minimum absolute atomic E-state index is 0.404. The van der Waals surface area contributed by atoms with Gasteiger partial charge in [0.05, 0.1) is 31.5 Å². The molecule has 0 spiro atoms. The normalized spacial score (nSPS) is 17.7. The first-order chi connectivity index (χ1) is 11.1. The Kier molecular flexibility index (Phi) is 5.48. The lowest BCUT2D eigenvalue weighted by molar-refractivity contribution is 0.00917. The van der Waals surface area contributed by atoms with Gasteiger partial charge in [0.1, 0.15) is 5.76 Å². The molecule has 0 aromatic carbocycles. The zero-order valence-electron chi connectivity index (χ0n) is 14.1. The third-order valence-electron chi connectivity index (χ3n) is 4.32. The van der Waals surface area contributed by atoms with Crippen LogP contribution in [0.2, 0.25) is 0 Å². The Morgan fingerprint density at radius 1 is 1.35 bits per heavy atom. The maximum atomic E-state index is 5.72. The number of morpholine rings is 1. The van der Waals surface area contributed by atoms with Crippen LogP contribution in [0.25, 0.3) is 0 Å². The van der Waals surface area contributed by atoms with E-state index in [4.69, 9.17) is 9.15 Å². The molecular formula is C17H25N3O2S. The lowest BCUT2D eigenvalue weighted by Gasteiger charge is -2.36. The molecule has 3 rings (SSSR count). The molecule has 1 aliphatic heterocycles. The number of hydrogen-bond acceptors (Lipinski definition) is 6. The molecule has 0 N–H and O–H groups in total. The molecule has 0 amide bonds. The summed E-state index contributed by atoms with van der Waals surface area (Å²) in [6, 6.07) is 4.77. The number of oxazole rings is 1. The van der Waals surface area contributed by atoms with Gasteiger partial charge in [0.15, 0.2) is 0 Å². The number of rotatable bonds is 6.